The standard InChI is InChI=1S/C18H28N2O2/c1-4-16(21)13-19-9-6-10-20(12-11-19)18(22)17-8-5-7-14(2)15(17)3/h5,7-8,16,21H,4,6,9-13H2,1-3H3. The van der Waals surface area contributed by atoms with Crippen LogP contribution in [-0.2, 0) is 0 Å². The number of nitrogens with zero attached hydrogens (tertiary/aromatic N) is 2. The predicted octanol–water partition coefficient (Wildman–Crippen LogP) is 2.22. The van der Waals surface area contributed by atoms with Crippen molar-refractivity contribution in [3.05, 3.63) is 34.9 Å². The Hall–Kier alpha value is -1.39. The average molecular weight is 304 g/mol. The molecule has 1 saturated heterocycles. The van der Waals surface area contributed by atoms with Crippen molar-refractivity contribution in [1.29, 1.82) is 0 Å². The second kappa shape index (κ2) is 7.75. The molecule has 1 fully saturated rings. The van der Waals surface area contributed by atoms with Gasteiger partial charge in [0.15, 0.2) is 0 Å². The van der Waals surface area contributed by atoms with Crippen LogP contribution in [0.2, 0.25) is 0 Å². The quantitative estimate of drug-likeness (QED) is 0.927. The van der Waals surface area contributed by atoms with Crippen molar-refractivity contribution in [2.75, 3.05) is 32.7 Å². The maximum Gasteiger partial charge on any atom is 0.254 e. The summed E-state index contributed by atoms with van der Waals surface area (Å²) < 4.78 is 0. The number of aryl methyl sites for hydroxylation is 1. The molecule has 0 aromatic heterocycles. The Kier molecular flexibility index (Phi) is 5.98. The summed E-state index contributed by atoms with van der Waals surface area (Å²) in [7, 11) is 0. The van der Waals surface area contributed by atoms with Crippen LogP contribution >= 0.6 is 0 Å². The van der Waals surface area contributed by atoms with Crippen LogP contribution in [0.1, 0.15) is 41.3 Å². The molecule has 22 heavy (non-hydrogen) atoms. The van der Waals surface area contributed by atoms with Gasteiger partial charge in [0.1, 0.15) is 0 Å². The first-order chi connectivity index (χ1) is 10.5. The highest BCUT2D eigenvalue weighted by atomic mass is 16.3. The number of hydrogen-bond donors (Lipinski definition) is 1. The summed E-state index contributed by atoms with van der Waals surface area (Å²) >= 11 is 0. The molecular weight excluding hydrogens is 276 g/mol. The SMILES string of the molecule is CCC(O)CN1CCCN(C(=O)c2cccc(C)c2C)CC1. The molecule has 0 radical (unpaired) electrons. The lowest BCUT2D eigenvalue weighted by molar-refractivity contribution is 0.0753. The molecule has 2 rings (SSSR count). The number of hydrogen-bond acceptors (Lipinski definition) is 3. The number of β-amino-alcohol motifs (C(OH)–C–C–N with tert-alkyl or cyclic N) is 1. The molecule has 1 aromatic carbocycles. The van der Waals surface area contributed by atoms with E-state index < -0.39 is 0 Å². The smallest absolute Gasteiger partial charge is 0.254 e. The van der Waals surface area contributed by atoms with Gasteiger partial charge in [-0.05, 0) is 50.4 Å². The highest BCUT2D eigenvalue weighted by Crippen LogP contribution is 2.16. The van der Waals surface area contributed by atoms with Crippen molar-refractivity contribution in [3.63, 3.8) is 0 Å². The van der Waals surface area contributed by atoms with Gasteiger partial charge in [0, 0.05) is 31.7 Å². The largest absolute Gasteiger partial charge is 0.392 e. The van der Waals surface area contributed by atoms with Gasteiger partial charge in [0.25, 0.3) is 5.91 Å². The molecule has 1 atom stereocenters. The summed E-state index contributed by atoms with van der Waals surface area (Å²) in [5.41, 5.74) is 3.06. The van der Waals surface area contributed by atoms with Gasteiger partial charge in [-0.1, -0.05) is 19.1 Å². The lowest BCUT2D eigenvalue weighted by atomic mass is 10.0. The Morgan fingerprint density at radius 3 is 2.73 bits per heavy atom. The van der Waals surface area contributed by atoms with E-state index in [9.17, 15) is 9.90 Å². The van der Waals surface area contributed by atoms with E-state index in [1.54, 1.807) is 0 Å². The molecule has 4 nitrogen and oxygen atoms in total. The second-order valence-electron chi connectivity index (χ2n) is 6.26. The minimum Gasteiger partial charge on any atom is -0.392 e. The molecule has 1 aliphatic heterocycles. The first-order valence-corrected chi connectivity index (χ1v) is 8.28. The van der Waals surface area contributed by atoms with Gasteiger partial charge < -0.3 is 10.0 Å². The van der Waals surface area contributed by atoms with E-state index >= 15 is 0 Å². The van der Waals surface area contributed by atoms with Gasteiger partial charge in [-0.15, -0.1) is 0 Å². The number of benzene rings is 1. The summed E-state index contributed by atoms with van der Waals surface area (Å²) in [5, 5.41) is 9.80. The number of rotatable bonds is 4. The normalized spacial score (nSPS) is 18.1. The third-order valence-corrected chi connectivity index (χ3v) is 4.65. The van der Waals surface area contributed by atoms with E-state index in [0.29, 0.717) is 6.54 Å². The predicted molar refractivity (Wildman–Crippen MR) is 89.2 cm³/mol. The van der Waals surface area contributed by atoms with Crippen molar-refractivity contribution >= 4 is 5.91 Å². The molecule has 1 aliphatic rings. The van der Waals surface area contributed by atoms with Crippen LogP contribution in [-0.4, -0.2) is 59.6 Å². The molecular formula is C18H28N2O2. The monoisotopic (exact) mass is 304 g/mol. The van der Waals surface area contributed by atoms with E-state index in [1.165, 1.54) is 0 Å². The van der Waals surface area contributed by atoms with E-state index in [2.05, 4.69) is 4.90 Å². The minimum atomic E-state index is -0.263. The van der Waals surface area contributed by atoms with Gasteiger partial charge in [0.2, 0.25) is 0 Å². The minimum absolute atomic E-state index is 0.138. The summed E-state index contributed by atoms with van der Waals surface area (Å²) in [6.07, 6.45) is 1.48. The first kappa shape index (κ1) is 17.0. The Balaban J connectivity index is 2.01. The van der Waals surface area contributed by atoms with E-state index in [-0.39, 0.29) is 12.0 Å². The van der Waals surface area contributed by atoms with E-state index in [1.807, 2.05) is 43.9 Å². The zero-order valence-corrected chi connectivity index (χ0v) is 14.0. The molecule has 1 amide bonds. The Bertz CT molecular complexity index is 516. The van der Waals surface area contributed by atoms with E-state index in [4.69, 9.17) is 0 Å². The third kappa shape index (κ3) is 4.08. The second-order valence-corrected chi connectivity index (χ2v) is 6.26. The zero-order valence-electron chi connectivity index (χ0n) is 14.0. The molecule has 1 heterocycles. The van der Waals surface area contributed by atoms with Crippen molar-refractivity contribution in [2.45, 2.75) is 39.7 Å². The van der Waals surface area contributed by atoms with Gasteiger partial charge in [-0.3, -0.25) is 9.69 Å². The van der Waals surface area contributed by atoms with Crippen molar-refractivity contribution < 1.29 is 9.90 Å². The van der Waals surface area contributed by atoms with Crippen LogP contribution in [0.5, 0.6) is 0 Å². The van der Waals surface area contributed by atoms with Gasteiger partial charge in [-0.25, -0.2) is 0 Å². The van der Waals surface area contributed by atoms with Gasteiger partial charge in [-0.2, -0.15) is 0 Å². The number of amides is 1. The number of carbonyl (C=O) groups excluding carboxylic acids is 1. The summed E-state index contributed by atoms with van der Waals surface area (Å²) in [6.45, 7) is 10.1. The topological polar surface area (TPSA) is 43.8 Å². The lowest BCUT2D eigenvalue weighted by Crippen LogP contribution is -2.37. The highest BCUT2D eigenvalue weighted by Gasteiger charge is 2.22. The molecule has 4 heteroatoms. The van der Waals surface area contributed by atoms with Crippen LogP contribution in [0.4, 0.5) is 0 Å². The first-order valence-electron chi connectivity index (χ1n) is 8.28. The Labute approximate surface area is 133 Å². The highest BCUT2D eigenvalue weighted by molar-refractivity contribution is 5.96. The molecule has 0 bridgehead atoms. The van der Waals surface area contributed by atoms with Crippen LogP contribution < -0.4 is 0 Å². The van der Waals surface area contributed by atoms with Gasteiger partial charge in [0.05, 0.1) is 6.10 Å². The molecule has 1 unspecified atom stereocenters. The van der Waals surface area contributed by atoms with Crippen LogP contribution in [0.15, 0.2) is 18.2 Å². The average Bonchev–Trinajstić information content (AvgIpc) is 2.75. The molecule has 1 aromatic rings. The Morgan fingerprint density at radius 1 is 1.23 bits per heavy atom. The fraction of sp³-hybridized carbons (Fsp3) is 0.611. The number of aliphatic hydroxyl groups is 1. The maximum atomic E-state index is 12.8. The summed E-state index contributed by atoms with van der Waals surface area (Å²) in [4.78, 5) is 17.0. The molecule has 0 spiro atoms. The fourth-order valence-corrected chi connectivity index (χ4v) is 2.94. The molecule has 122 valence electrons. The summed E-state index contributed by atoms with van der Waals surface area (Å²) in [5.74, 6) is 0.138. The summed E-state index contributed by atoms with van der Waals surface area (Å²) in [6, 6.07) is 5.92. The number of aliphatic hydroxyl groups excluding tert-OH is 1. The third-order valence-electron chi connectivity index (χ3n) is 4.65. The Morgan fingerprint density at radius 2 is 2.00 bits per heavy atom. The van der Waals surface area contributed by atoms with Crippen LogP contribution in [0.3, 0.4) is 0 Å². The van der Waals surface area contributed by atoms with Crippen molar-refractivity contribution in [3.8, 4) is 0 Å². The van der Waals surface area contributed by atoms with Crippen molar-refractivity contribution in [1.82, 2.24) is 9.80 Å². The maximum absolute atomic E-state index is 12.8. The van der Waals surface area contributed by atoms with Crippen LogP contribution in [0.25, 0.3) is 0 Å². The molecule has 1 N–H and O–H groups in total. The lowest BCUT2D eigenvalue weighted by Gasteiger charge is -2.24. The van der Waals surface area contributed by atoms with E-state index in [0.717, 1.165) is 55.7 Å². The zero-order chi connectivity index (χ0) is 16.1. The molecule has 0 aliphatic carbocycles. The number of carbonyl (C=O) groups is 1. The van der Waals surface area contributed by atoms with Crippen molar-refractivity contribution in [2.24, 2.45) is 0 Å². The molecule has 0 saturated carbocycles. The fourth-order valence-electron chi connectivity index (χ4n) is 2.94. The van der Waals surface area contributed by atoms with Gasteiger partial charge >= 0.3 is 0 Å². The van der Waals surface area contributed by atoms with Crippen LogP contribution in [0, 0.1) is 13.8 Å².